The van der Waals surface area contributed by atoms with Gasteiger partial charge in [0.15, 0.2) is 0 Å². The average molecular weight is 431 g/mol. The summed E-state index contributed by atoms with van der Waals surface area (Å²) in [6.07, 6.45) is 0.197. The second kappa shape index (κ2) is 9.67. The highest BCUT2D eigenvalue weighted by atomic mass is 28.4. The molecule has 1 saturated heterocycles. The minimum atomic E-state index is -2.06. The summed E-state index contributed by atoms with van der Waals surface area (Å²) < 4.78 is 18.5. The normalized spacial score (nSPS) is 21.3. The molecule has 0 bridgehead atoms. The number of ether oxygens (including phenoxy) is 2. The van der Waals surface area contributed by atoms with Gasteiger partial charge >= 0.3 is 6.09 Å². The summed E-state index contributed by atoms with van der Waals surface area (Å²) in [5.41, 5.74) is 6.35. The molecule has 0 aromatic carbocycles. The van der Waals surface area contributed by atoms with Gasteiger partial charge in [-0.3, -0.25) is 4.90 Å². The molecule has 1 aliphatic rings. The number of rotatable bonds is 8. The van der Waals surface area contributed by atoms with Gasteiger partial charge in [-0.05, 0) is 57.7 Å². The van der Waals surface area contributed by atoms with Crippen LogP contribution in [0.3, 0.4) is 0 Å². The molecule has 172 valence electrons. The molecule has 1 amide bonds. The molecule has 1 unspecified atom stereocenters. The van der Waals surface area contributed by atoms with Crippen LogP contribution in [0.1, 0.15) is 82.6 Å². The predicted molar refractivity (Wildman–Crippen MR) is 121 cm³/mol. The standard InChI is InChI=1S/C22H46N2O4Si/c1-15(2)29(16(3)4,17(5)6)28-19(13-23)12-18-14-26-22(10,11)24(18)20(25)27-21(7,8)9/h15-19H,12-14,23H2,1-11H3/t18-,19?/m0/s1. The zero-order valence-corrected chi connectivity index (χ0v) is 21.7. The molecule has 1 heterocycles. The van der Waals surface area contributed by atoms with Gasteiger partial charge in [-0.2, -0.15) is 0 Å². The number of hydrogen-bond donors (Lipinski definition) is 1. The first kappa shape index (κ1) is 26.4. The molecule has 0 aromatic heterocycles. The van der Waals surface area contributed by atoms with Crippen LogP contribution in [-0.2, 0) is 13.9 Å². The van der Waals surface area contributed by atoms with Gasteiger partial charge in [0.25, 0.3) is 0 Å². The summed E-state index contributed by atoms with van der Waals surface area (Å²) in [5, 5.41) is 0. The Morgan fingerprint density at radius 1 is 1.14 bits per heavy atom. The molecule has 0 aromatic rings. The van der Waals surface area contributed by atoms with Crippen molar-refractivity contribution in [3.05, 3.63) is 0 Å². The van der Waals surface area contributed by atoms with Crippen LogP contribution in [0.15, 0.2) is 0 Å². The highest BCUT2D eigenvalue weighted by molar-refractivity contribution is 6.77. The van der Waals surface area contributed by atoms with Crippen molar-refractivity contribution >= 4 is 14.4 Å². The topological polar surface area (TPSA) is 74.0 Å². The average Bonchev–Trinajstić information content (AvgIpc) is 2.82. The van der Waals surface area contributed by atoms with Crippen LogP contribution in [0.25, 0.3) is 0 Å². The second-order valence-corrected chi connectivity index (χ2v) is 16.2. The fourth-order valence-electron chi connectivity index (χ4n) is 4.93. The molecule has 0 spiro atoms. The van der Waals surface area contributed by atoms with Gasteiger partial charge in [0.2, 0.25) is 8.32 Å². The van der Waals surface area contributed by atoms with E-state index >= 15 is 0 Å². The van der Waals surface area contributed by atoms with Crippen molar-refractivity contribution in [3.63, 3.8) is 0 Å². The molecular formula is C22H46N2O4Si. The van der Waals surface area contributed by atoms with Gasteiger partial charge in [-0.1, -0.05) is 41.5 Å². The maximum atomic E-state index is 12.9. The lowest BCUT2D eigenvalue weighted by atomic mass is 10.1. The third-order valence-corrected chi connectivity index (χ3v) is 12.2. The molecule has 1 rings (SSSR count). The minimum Gasteiger partial charge on any atom is -0.444 e. The van der Waals surface area contributed by atoms with Crippen LogP contribution in [-0.4, -0.2) is 55.9 Å². The predicted octanol–water partition coefficient (Wildman–Crippen LogP) is 5.27. The number of nitrogens with zero attached hydrogens (tertiary/aromatic N) is 1. The second-order valence-electron chi connectivity index (χ2n) is 10.8. The van der Waals surface area contributed by atoms with Gasteiger partial charge in [-0.15, -0.1) is 0 Å². The minimum absolute atomic E-state index is 0.110. The van der Waals surface area contributed by atoms with Crippen molar-refractivity contribution < 1.29 is 18.7 Å². The Balaban J connectivity index is 3.08. The summed E-state index contributed by atoms with van der Waals surface area (Å²) in [7, 11) is -2.06. The van der Waals surface area contributed by atoms with Crippen LogP contribution in [0.5, 0.6) is 0 Å². The molecule has 0 aliphatic carbocycles. The Bertz CT molecular complexity index is 522. The van der Waals surface area contributed by atoms with E-state index in [0.717, 1.165) is 0 Å². The van der Waals surface area contributed by atoms with E-state index in [-0.39, 0.29) is 18.2 Å². The molecular weight excluding hydrogens is 384 g/mol. The van der Waals surface area contributed by atoms with Crippen LogP contribution in [0.4, 0.5) is 4.79 Å². The fraction of sp³-hybridized carbons (Fsp3) is 0.955. The number of carbonyl (C=O) groups excluding carboxylic acids is 1. The summed E-state index contributed by atoms with van der Waals surface area (Å²) in [5.74, 6) is 0. The first-order valence-corrected chi connectivity index (χ1v) is 13.3. The lowest BCUT2D eigenvalue weighted by Gasteiger charge is -2.45. The zero-order valence-electron chi connectivity index (χ0n) is 20.7. The maximum Gasteiger partial charge on any atom is 0.412 e. The van der Waals surface area contributed by atoms with Crippen LogP contribution in [0.2, 0.25) is 16.6 Å². The van der Waals surface area contributed by atoms with E-state index in [1.54, 1.807) is 4.90 Å². The van der Waals surface area contributed by atoms with Gasteiger partial charge in [0.05, 0.1) is 18.8 Å². The quantitative estimate of drug-likeness (QED) is 0.531. The zero-order chi connectivity index (χ0) is 22.8. The Labute approximate surface area is 180 Å². The monoisotopic (exact) mass is 430 g/mol. The van der Waals surface area contributed by atoms with Crippen LogP contribution in [0, 0.1) is 0 Å². The molecule has 0 saturated carbocycles. The maximum absolute atomic E-state index is 12.9. The number of carbonyl (C=O) groups is 1. The highest BCUT2D eigenvalue weighted by Crippen LogP contribution is 2.43. The Morgan fingerprint density at radius 3 is 2.00 bits per heavy atom. The molecule has 29 heavy (non-hydrogen) atoms. The summed E-state index contributed by atoms with van der Waals surface area (Å²) in [6.45, 7) is 24.0. The van der Waals surface area contributed by atoms with Crippen molar-refractivity contribution in [2.75, 3.05) is 13.2 Å². The van der Waals surface area contributed by atoms with E-state index in [1.807, 2.05) is 34.6 Å². The number of hydrogen-bond acceptors (Lipinski definition) is 5. The van der Waals surface area contributed by atoms with Crippen molar-refractivity contribution in [1.29, 1.82) is 0 Å². The molecule has 7 heteroatoms. The van der Waals surface area contributed by atoms with Crippen molar-refractivity contribution in [2.24, 2.45) is 5.73 Å². The molecule has 6 nitrogen and oxygen atoms in total. The Hall–Kier alpha value is -0.633. The van der Waals surface area contributed by atoms with Gasteiger partial charge in [-0.25, -0.2) is 4.79 Å². The van der Waals surface area contributed by atoms with Gasteiger partial charge in [0, 0.05) is 6.54 Å². The molecule has 1 fully saturated rings. The Morgan fingerprint density at radius 2 is 1.62 bits per heavy atom. The number of nitrogens with two attached hydrogens (primary N) is 1. The van der Waals surface area contributed by atoms with E-state index in [9.17, 15) is 4.79 Å². The van der Waals surface area contributed by atoms with E-state index in [0.29, 0.717) is 36.2 Å². The SMILES string of the molecule is CC(C)[Si](OC(CN)C[C@H]1COC(C)(C)N1C(=O)OC(C)(C)C)(C(C)C)C(C)C. The van der Waals surface area contributed by atoms with Crippen molar-refractivity contribution in [3.8, 4) is 0 Å². The third-order valence-electron chi connectivity index (χ3n) is 6.04. The number of amides is 1. The van der Waals surface area contributed by atoms with E-state index in [1.165, 1.54) is 0 Å². The lowest BCUT2D eigenvalue weighted by molar-refractivity contribution is -0.0635. The van der Waals surface area contributed by atoms with E-state index < -0.39 is 19.6 Å². The van der Waals surface area contributed by atoms with Crippen LogP contribution >= 0.6 is 0 Å². The van der Waals surface area contributed by atoms with E-state index in [2.05, 4.69) is 41.5 Å². The van der Waals surface area contributed by atoms with Crippen molar-refractivity contribution in [1.82, 2.24) is 4.90 Å². The van der Waals surface area contributed by atoms with E-state index in [4.69, 9.17) is 19.6 Å². The lowest BCUT2D eigenvalue weighted by Crippen LogP contribution is -2.54. The smallest absolute Gasteiger partial charge is 0.412 e. The fourth-order valence-corrected chi connectivity index (χ4v) is 10.5. The highest BCUT2D eigenvalue weighted by Gasteiger charge is 2.49. The molecule has 0 radical (unpaired) electrons. The molecule has 1 aliphatic heterocycles. The van der Waals surface area contributed by atoms with Crippen molar-refractivity contribution in [2.45, 2.75) is 123 Å². The molecule has 2 atom stereocenters. The summed E-state index contributed by atoms with van der Waals surface area (Å²) >= 11 is 0. The summed E-state index contributed by atoms with van der Waals surface area (Å²) in [4.78, 5) is 14.7. The van der Waals surface area contributed by atoms with Gasteiger partial charge in [0.1, 0.15) is 11.3 Å². The third kappa shape index (κ3) is 6.18. The summed E-state index contributed by atoms with van der Waals surface area (Å²) in [6, 6.07) is -0.119. The van der Waals surface area contributed by atoms with Crippen LogP contribution < -0.4 is 5.73 Å². The first-order valence-electron chi connectivity index (χ1n) is 11.1. The van der Waals surface area contributed by atoms with Gasteiger partial charge < -0.3 is 19.6 Å². The first-order chi connectivity index (χ1) is 13.1. The molecule has 2 N–H and O–H groups in total. The largest absolute Gasteiger partial charge is 0.444 e. The Kier molecular flexibility index (Phi) is 8.80.